The van der Waals surface area contributed by atoms with E-state index in [-0.39, 0.29) is 17.6 Å². The van der Waals surface area contributed by atoms with Crippen LogP contribution in [0.25, 0.3) is 22.2 Å². The van der Waals surface area contributed by atoms with Crippen LogP contribution >= 0.6 is 0 Å². The van der Waals surface area contributed by atoms with Crippen LogP contribution in [0.15, 0.2) is 30.7 Å². The number of piperidine rings is 1. The summed E-state index contributed by atoms with van der Waals surface area (Å²) in [5.74, 6) is -0.795. The lowest BCUT2D eigenvalue weighted by atomic mass is 10.1. The molecule has 4 rings (SSSR count). The van der Waals surface area contributed by atoms with E-state index < -0.39 is 21.9 Å². The van der Waals surface area contributed by atoms with Crippen molar-refractivity contribution in [2.24, 2.45) is 5.73 Å². The molecule has 1 aromatic carbocycles. The van der Waals surface area contributed by atoms with Crippen LogP contribution in [-0.4, -0.2) is 52.7 Å². The van der Waals surface area contributed by atoms with Crippen LogP contribution in [0.4, 0.5) is 15.0 Å². The van der Waals surface area contributed by atoms with E-state index in [0.717, 1.165) is 0 Å². The van der Waals surface area contributed by atoms with Gasteiger partial charge in [-0.05, 0) is 30.5 Å². The molecule has 0 aliphatic carbocycles. The molecule has 0 spiro atoms. The van der Waals surface area contributed by atoms with Crippen LogP contribution in [0.2, 0.25) is 0 Å². The van der Waals surface area contributed by atoms with Gasteiger partial charge in [0.25, 0.3) is 0 Å². The van der Waals surface area contributed by atoms with E-state index in [4.69, 9.17) is 11.5 Å². The summed E-state index contributed by atoms with van der Waals surface area (Å²) in [6.45, 7) is 0.791. The first-order valence-electron chi connectivity index (χ1n) is 9.48. The van der Waals surface area contributed by atoms with E-state index in [9.17, 15) is 17.6 Å². The lowest BCUT2D eigenvalue weighted by molar-refractivity contribution is 0.208. The van der Waals surface area contributed by atoms with Gasteiger partial charge in [-0.25, -0.2) is 31.9 Å². The Hall–Kier alpha value is -3.25. The number of anilines is 1. The molecule has 1 saturated heterocycles. The molecule has 0 radical (unpaired) electrons. The second-order valence-corrected chi connectivity index (χ2v) is 9.35. The van der Waals surface area contributed by atoms with Gasteiger partial charge in [0, 0.05) is 30.9 Å². The van der Waals surface area contributed by atoms with Crippen molar-refractivity contribution in [3.8, 4) is 16.9 Å². The predicted octanol–water partition coefficient (Wildman–Crippen LogP) is 1.87. The number of amides is 1. The number of nitrogens with zero attached hydrogens (tertiary/aromatic N) is 4. The lowest BCUT2D eigenvalue weighted by Gasteiger charge is -2.31. The number of hydrogen-bond donors (Lipinski definition) is 2. The maximum absolute atomic E-state index is 14.4. The first-order valence-corrected chi connectivity index (χ1v) is 11.3. The fourth-order valence-electron chi connectivity index (χ4n) is 3.92. The summed E-state index contributed by atoms with van der Waals surface area (Å²) in [4.78, 5) is 19.3. The average molecular weight is 448 g/mol. The highest BCUT2D eigenvalue weighted by atomic mass is 32.2. The number of primary amides is 1. The van der Waals surface area contributed by atoms with Gasteiger partial charge in [-0.15, -0.1) is 0 Å². The van der Waals surface area contributed by atoms with E-state index in [1.165, 1.54) is 29.0 Å². The van der Waals surface area contributed by atoms with Gasteiger partial charge in [0.1, 0.15) is 17.8 Å². The molecule has 3 aromatic rings. The summed E-state index contributed by atoms with van der Waals surface area (Å²) in [6, 6.07) is 4.10. The highest BCUT2D eigenvalue weighted by Crippen LogP contribution is 2.37. The number of nitrogen functional groups attached to an aromatic ring is 1. The van der Waals surface area contributed by atoms with Crippen molar-refractivity contribution < 1.29 is 22.3 Å². The van der Waals surface area contributed by atoms with Gasteiger partial charge in [-0.3, -0.25) is 0 Å². The van der Waals surface area contributed by atoms with Crippen LogP contribution in [0.5, 0.6) is 5.75 Å². The van der Waals surface area contributed by atoms with Crippen LogP contribution in [0.3, 0.4) is 0 Å². The summed E-state index contributed by atoms with van der Waals surface area (Å²) in [5, 5.41) is 0.566. The topological polar surface area (TPSA) is 146 Å². The summed E-state index contributed by atoms with van der Waals surface area (Å²) in [6.07, 6.45) is 4.46. The third-order valence-corrected chi connectivity index (χ3v) is 6.68. The predicted molar refractivity (Wildman–Crippen MR) is 112 cm³/mol. The molecule has 31 heavy (non-hydrogen) atoms. The Labute approximate surface area is 177 Å². The zero-order valence-corrected chi connectivity index (χ0v) is 17.5. The first kappa shape index (κ1) is 21.0. The number of fused-ring (bicyclic) bond motifs is 1. The highest BCUT2D eigenvalue weighted by molar-refractivity contribution is 7.88. The van der Waals surface area contributed by atoms with Crippen LogP contribution in [-0.2, 0) is 10.0 Å². The Morgan fingerprint density at radius 2 is 1.97 bits per heavy atom. The Morgan fingerprint density at radius 3 is 2.58 bits per heavy atom. The fraction of sp³-hybridized carbons (Fsp3) is 0.316. The average Bonchev–Trinajstić information content (AvgIpc) is 3.10. The Bertz CT molecular complexity index is 1270. The van der Waals surface area contributed by atoms with Crippen molar-refractivity contribution in [3.63, 3.8) is 0 Å². The van der Waals surface area contributed by atoms with Gasteiger partial charge in [0.2, 0.25) is 10.0 Å². The van der Waals surface area contributed by atoms with Gasteiger partial charge in [0.05, 0.1) is 11.6 Å². The lowest BCUT2D eigenvalue weighted by Crippen LogP contribution is -2.38. The summed E-state index contributed by atoms with van der Waals surface area (Å²) < 4.78 is 46.1. The van der Waals surface area contributed by atoms with E-state index in [0.29, 0.717) is 48.1 Å². The Balaban J connectivity index is 1.75. The molecule has 0 saturated carbocycles. The minimum Gasteiger partial charge on any atom is -0.407 e. The number of ether oxygens (including phenoxy) is 1. The number of halogens is 1. The fourth-order valence-corrected chi connectivity index (χ4v) is 4.79. The number of hydrogen-bond acceptors (Lipinski definition) is 7. The molecule has 12 heteroatoms. The van der Waals surface area contributed by atoms with E-state index in [1.54, 1.807) is 6.07 Å². The van der Waals surface area contributed by atoms with E-state index in [1.807, 2.05) is 10.8 Å². The number of rotatable bonds is 4. The third kappa shape index (κ3) is 4.03. The summed E-state index contributed by atoms with van der Waals surface area (Å²) in [7, 11) is -3.24. The van der Waals surface area contributed by atoms with Gasteiger partial charge in [-0.1, -0.05) is 6.07 Å². The van der Waals surface area contributed by atoms with Crippen LogP contribution < -0.4 is 16.2 Å². The minimum atomic E-state index is -3.24. The van der Waals surface area contributed by atoms with Gasteiger partial charge in [0.15, 0.2) is 11.6 Å². The minimum absolute atomic E-state index is 0.00846. The number of benzene rings is 1. The molecule has 0 unspecified atom stereocenters. The number of aromatic nitrogens is 3. The van der Waals surface area contributed by atoms with E-state index in [2.05, 4.69) is 14.7 Å². The molecule has 0 atom stereocenters. The molecule has 2 aromatic heterocycles. The molecule has 4 N–H and O–H groups in total. The van der Waals surface area contributed by atoms with E-state index >= 15 is 0 Å². The van der Waals surface area contributed by atoms with Crippen molar-refractivity contribution in [2.45, 2.75) is 18.9 Å². The molecule has 10 nitrogen and oxygen atoms in total. The number of carbonyl (C=O) groups is 1. The zero-order chi connectivity index (χ0) is 22.3. The second-order valence-electron chi connectivity index (χ2n) is 7.37. The zero-order valence-electron chi connectivity index (χ0n) is 16.7. The molecular weight excluding hydrogens is 427 g/mol. The molecule has 3 heterocycles. The maximum Gasteiger partial charge on any atom is 0.410 e. The van der Waals surface area contributed by atoms with Crippen molar-refractivity contribution in [1.82, 2.24) is 18.8 Å². The Kier molecular flexibility index (Phi) is 5.27. The van der Waals surface area contributed by atoms with Gasteiger partial charge < -0.3 is 20.8 Å². The molecule has 0 bridgehead atoms. The quantitative estimate of drug-likeness (QED) is 0.619. The SMILES string of the molecule is CS(=O)(=O)N1CCC(n2cc(-c3ccc(OC(N)=O)c(F)c3)c3c(N)ncnc32)CC1. The third-order valence-electron chi connectivity index (χ3n) is 5.38. The maximum atomic E-state index is 14.4. The second kappa shape index (κ2) is 7.78. The largest absolute Gasteiger partial charge is 0.410 e. The molecule has 1 aliphatic rings. The molecule has 1 aliphatic heterocycles. The molecule has 164 valence electrons. The number of sulfonamides is 1. The number of carbonyl (C=O) groups excluding carboxylic acids is 1. The Morgan fingerprint density at radius 1 is 1.26 bits per heavy atom. The van der Waals surface area contributed by atoms with Crippen LogP contribution in [0.1, 0.15) is 18.9 Å². The van der Waals surface area contributed by atoms with Crippen molar-refractivity contribution >= 4 is 33.0 Å². The van der Waals surface area contributed by atoms with Crippen molar-refractivity contribution in [1.29, 1.82) is 0 Å². The highest BCUT2D eigenvalue weighted by Gasteiger charge is 2.28. The summed E-state index contributed by atoms with van der Waals surface area (Å²) >= 11 is 0. The van der Waals surface area contributed by atoms with Crippen molar-refractivity contribution in [2.75, 3.05) is 25.1 Å². The molecule has 1 fully saturated rings. The molecule has 1 amide bonds. The monoisotopic (exact) mass is 448 g/mol. The molecular formula is C19H21FN6O4S. The first-order chi connectivity index (χ1) is 14.6. The normalized spacial score (nSPS) is 15.9. The summed E-state index contributed by atoms with van der Waals surface area (Å²) in [5.41, 5.74) is 12.8. The van der Waals surface area contributed by atoms with Crippen LogP contribution in [0, 0.1) is 5.82 Å². The van der Waals surface area contributed by atoms with Crippen molar-refractivity contribution in [3.05, 3.63) is 36.5 Å². The standard InChI is InChI=1S/C19H21FN6O4S/c1-31(28,29)25-6-4-12(5-7-25)26-9-13(16-17(21)23-10-24-18(16)26)11-2-3-15(14(20)8-11)30-19(22)27/h2-3,8-10,12H,4-7H2,1H3,(H2,22,27)(H2,21,23,24). The number of nitrogens with two attached hydrogens (primary N) is 2. The smallest absolute Gasteiger partial charge is 0.407 e. The van der Waals surface area contributed by atoms with Gasteiger partial charge >= 0.3 is 6.09 Å². The van der Waals surface area contributed by atoms with Gasteiger partial charge in [-0.2, -0.15) is 0 Å².